The minimum atomic E-state index is 0.0791. The predicted molar refractivity (Wildman–Crippen MR) is 78.2 cm³/mol. The van der Waals surface area contributed by atoms with E-state index in [4.69, 9.17) is 0 Å². The van der Waals surface area contributed by atoms with Gasteiger partial charge in [-0.2, -0.15) is 0 Å². The van der Waals surface area contributed by atoms with E-state index in [2.05, 4.69) is 15.3 Å². The van der Waals surface area contributed by atoms with E-state index in [1.807, 2.05) is 31.2 Å². The van der Waals surface area contributed by atoms with Crippen LogP contribution >= 0.6 is 0 Å². The Hall–Kier alpha value is -2.23. The lowest BCUT2D eigenvalue weighted by atomic mass is 10.1. The first-order chi connectivity index (χ1) is 9.75. The fourth-order valence-electron chi connectivity index (χ4n) is 2.00. The van der Waals surface area contributed by atoms with E-state index < -0.39 is 0 Å². The van der Waals surface area contributed by atoms with E-state index >= 15 is 0 Å². The molecular weight excluding hydrogens is 250 g/mol. The Morgan fingerprint density at radius 1 is 1.15 bits per heavy atom. The first kappa shape index (κ1) is 14.2. The molecule has 0 aliphatic heterocycles. The monoisotopic (exact) mass is 269 g/mol. The van der Waals surface area contributed by atoms with Crippen LogP contribution in [0.15, 0.2) is 42.9 Å². The molecule has 0 radical (unpaired) electrons. The molecule has 0 aliphatic rings. The fraction of sp³-hybridized carbons (Fsp3) is 0.312. The maximum absolute atomic E-state index is 11.7. The third-order valence-corrected chi connectivity index (χ3v) is 3.19. The van der Waals surface area contributed by atoms with Crippen LogP contribution in [0.1, 0.15) is 23.2 Å². The van der Waals surface area contributed by atoms with Gasteiger partial charge in [0.1, 0.15) is 0 Å². The van der Waals surface area contributed by atoms with Crippen LogP contribution in [0.5, 0.6) is 0 Å². The van der Waals surface area contributed by atoms with Gasteiger partial charge in [0.05, 0.1) is 0 Å². The van der Waals surface area contributed by atoms with E-state index in [1.165, 1.54) is 5.56 Å². The number of aryl methyl sites for hydroxylation is 2. The van der Waals surface area contributed by atoms with Gasteiger partial charge in [0.15, 0.2) is 0 Å². The van der Waals surface area contributed by atoms with Crippen LogP contribution in [0.3, 0.4) is 0 Å². The molecule has 1 amide bonds. The van der Waals surface area contributed by atoms with E-state index in [9.17, 15) is 4.79 Å². The minimum absolute atomic E-state index is 0.0791. The first-order valence-corrected chi connectivity index (χ1v) is 6.82. The second kappa shape index (κ2) is 7.38. The Bertz CT molecular complexity index is 555. The summed E-state index contributed by atoms with van der Waals surface area (Å²) < 4.78 is 0. The van der Waals surface area contributed by atoms with E-state index in [-0.39, 0.29) is 5.91 Å². The van der Waals surface area contributed by atoms with Gasteiger partial charge in [0, 0.05) is 43.7 Å². The Morgan fingerprint density at radius 3 is 2.70 bits per heavy atom. The van der Waals surface area contributed by atoms with Crippen molar-refractivity contribution in [3.8, 4) is 0 Å². The summed E-state index contributed by atoms with van der Waals surface area (Å²) in [7, 11) is 0. The van der Waals surface area contributed by atoms with Crippen LogP contribution in [-0.4, -0.2) is 22.4 Å². The molecule has 1 N–H and O–H groups in total. The topological polar surface area (TPSA) is 54.9 Å². The van der Waals surface area contributed by atoms with E-state index in [1.54, 1.807) is 18.6 Å². The number of hydrogen-bond acceptors (Lipinski definition) is 3. The number of carbonyl (C=O) groups is 1. The molecule has 0 aliphatic carbocycles. The van der Waals surface area contributed by atoms with Crippen molar-refractivity contribution >= 4 is 5.91 Å². The second-order valence-corrected chi connectivity index (χ2v) is 4.72. The molecule has 0 saturated carbocycles. The number of nitrogens with one attached hydrogen (secondary N) is 1. The van der Waals surface area contributed by atoms with Crippen LogP contribution < -0.4 is 5.32 Å². The highest BCUT2D eigenvalue weighted by Crippen LogP contribution is 2.03. The molecule has 4 heteroatoms. The lowest BCUT2D eigenvalue weighted by molar-refractivity contribution is -0.121. The summed E-state index contributed by atoms with van der Waals surface area (Å²) in [4.78, 5) is 20.0. The molecule has 4 nitrogen and oxygen atoms in total. The summed E-state index contributed by atoms with van der Waals surface area (Å²) in [5, 5.41) is 2.93. The van der Waals surface area contributed by atoms with Crippen molar-refractivity contribution in [2.24, 2.45) is 0 Å². The normalized spacial score (nSPS) is 10.2. The van der Waals surface area contributed by atoms with Crippen molar-refractivity contribution < 1.29 is 4.79 Å². The van der Waals surface area contributed by atoms with Crippen molar-refractivity contribution in [2.75, 3.05) is 6.54 Å². The highest BCUT2D eigenvalue weighted by Gasteiger charge is 2.03. The average molecular weight is 269 g/mol. The van der Waals surface area contributed by atoms with Crippen molar-refractivity contribution in [3.05, 3.63) is 59.7 Å². The number of carbonyl (C=O) groups excluding carboxylic acids is 1. The molecule has 0 aromatic carbocycles. The summed E-state index contributed by atoms with van der Waals surface area (Å²) in [5.74, 6) is 0.0791. The average Bonchev–Trinajstić information content (AvgIpc) is 2.48. The highest BCUT2D eigenvalue weighted by atomic mass is 16.1. The SMILES string of the molecule is Cc1cccnc1CCNC(=O)CCc1ccncc1. The molecule has 0 fully saturated rings. The number of rotatable bonds is 6. The van der Waals surface area contributed by atoms with Crippen molar-refractivity contribution in [3.63, 3.8) is 0 Å². The molecule has 0 atom stereocenters. The Morgan fingerprint density at radius 2 is 1.95 bits per heavy atom. The Kier molecular flexibility index (Phi) is 5.24. The van der Waals surface area contributed by atoms with Crippen LogP contribution in [0.25, 0.3) is 0 Å². The standard InChI is InChI=1S/C16H19N3O/c1-13-3-2-9-18-15(13)8-12-19-16(20)5-4-14-6-10-17-11-7-14/h2-3,6-7,9-11H,4-5,8,12H2,1H3,(H,19,20). The van der Waals surface area contributed by atoms with Crippen LogP contribution in [0, 0.1) is 6.92 Å². The van der Waals surface area contributed by atoms with Gasteiger partial charge in [-0.05, 0) is 42.7 Å². The molecule has 20 heavy (non-hydrogen) atoms. The quantitative estimate of drug-likeness (QED) is 0.873. The zero-order valence-electron chi connectivity index (χ0n) is 11.7. The molecule has 104 valence electrons. The summed E-state index contributed by atoms with van der Waals surface area (Å²) in [6.45, 7) is 2.67. The number of hydrogen-bond donors (Lipinski definition) is 1. The summed E-state index contributed by atoms with van der Waals surface area (Å²) >= 11 is 0. The summed E-state index contributed by atoms with van der Waals surface area (Å²) in [6.07, 6.45) is 7.30. The second-order valence-electron chi connectivity index (χ2n) is 4.72. The van der Waals surface area contributed by atoms with E-state index in [0.717, 1.165) is 24.1 Å². The fourth-order valence-corrected chi connectivity index (χ4v) is 2.00. The van der Waals surface area contributed by atoms with Gasteiger partial charge in [-0.3, -0.25) is 14.8 Å². The van der Waals surface area contributed by atoms with Crippen LogP contribution in [-0.2, 0) is 17.6 Å². The number of amides is 1. The minimum Gasteiger partial charge on any atom is -0.356 e. The van der Waals surface area contributed by atoms with E-state index in [0.29, 0.717) is 13.0 Å². The van der Waals surface area contributed by atoms with Crippen molar-refractivity contribution in [1.29, 1.82) is 0 Å². The molecule has 2 rings (SSSR count). The van der Waals surface area contributed by atoms with Gasteiger partial charge in [0.2, 0.25) is 5.91 Å². The molecule has 2 heterocycles. The molecule has 2 aromatic rings. The van der Waals surface area contributed by atoms with Crippen LogP contribution in [0.4, 0.5) is 0 Å². The molecule has 2 aromatic heterocycles. The van der Waals surface area contributed by atoms with Gasteiger partial charge in [-0.25, -0.2) is 0 Å². The third-order valence-electron chi connectivity index (χ3n) is 3.19. The Labute approximate surface area is 119 Å². The first-order valence-electron chi connectivity index (χ1n) is 6.82. The predicted octanol–water partition coefficient (Wildman–Crippen LogP) is 2.08. The molecule has 0 unspecified atom stereocenters. The van der Waals surface area contributed by atoms with Crippen molar-refractivity contribution in [2.45, 2.75) is 26.2 Å². The largest absolute Gasteiger partial charge is 0.356 e. The summed E-state index contributed by atoms with van der Waals surface area (Å²) in [5.41, 5.74) is 3.34. The maximum Gasteiger partial charge on any atom is 0.220 e. The number of aromatic nitrogens is 2. The van der Waals surface area contributed by atoms with Crippen molar-refractivity contribution in [1.82, 2.24) is 15.3 Å². The highest BCUT2D eigenvalue weighted by molar-refractivity contribution is 5.76. The van der Waals surface area contributed by atoms with Gasteiger partial charge in [0.25, 0.3) is 0 Å². The lowest BCUT2D eigenvalue weighted by Gasteiger charge is -2.06. The van der Waals surface area contributed by atoms with Gasteiger partial charge >= 0.3 is 0 Å². The number of nitrogens with zero attached hydrogens (tertiary/aromatic N) is 2. The third kappa shape index (κ3) is 4.46. The molecule has 0 saturated heterocycles. The molecular formula is C16H19N3O. The Balaban J connectivity index is 1.69. The number of pyridine rings is 2. The zero-order valence-corrected chi connectivity index (χ0v) is 11.7. The van der Waals surface area contributed by atoms with Crippen LogP contribution in [0.2, 0.25) is 0 Å². The molecule has 0 spiro atoms. The smallest absolute Gasteiger partial charge is 0.220 e. The van der Waals surface area contributed by atoms with Gasteiger partial charge < -0.3 is 5.32 Å². The summed E-state index contributed by atoms with van der Waals surface area (Å²) in [6, 6.07) is 7.83. The molecule has 0 bridgehead atoms. The zero-order chi connectivity index (χ0) is 14.2. The maximum atomic E-state index is 11.7. The lowest BCUT2D eigenvalue weighted by Crippen LogP contribution is -2.26. The van der Waals surface area contributed by atoms with Gasteiger partial charge in [-0.1, -0.05) is 6.07 Å². The van der Waals surface area contributed by atoms with Gasteiger partial charge in [-0.15, -0.1) is 0 Å².